The topological polar surface area (TPSA) is 131 Å². The van der Waals surface area contributed by atoms with E-state index in [1.165, 1.54) is 25.1 Å². The number of pyridine rings is 1. The van der Waals surface area contributed by atoms with Gasteiger partial charge in [0.15, 0.2) is 9.84 Å². The fourth-order valence-electron chi connectivity index (χ4n) is 3.65. The summed E-state index contributed by atoms with van der Waals surface area (Å²) in [6.45, 7) is 1.52. The Balaban J connectivity index is 1.67. The standard InChI is InChI=1S/C20H17F3N4O5S/c1-10-16-13(18(29)26-25-17(28)11-6-7-33(30,31)9-11)8-15(24-19(16)32-27-10)12-4-2-3-5-14(12)20(21,22)23/h2-5,8,11H,6-7,9H2,1H3,(H,25,28)(H,26,29)/t11-/m1/s1. The average molecular weight is 482 g/mol. The molecule has 0 saturated carbocycles. The monoisotopic (exact) mass is 482 g/mol. The number of hydrogen-bond acceptors (Lipinski definition) is 7. The molecule has 1 fully saturated rings. The fourth-order valence-corrected chi connectivity index (χ4v) is 5.40. The van der Waals surface area contributed by atoms with Crippen LogP contribution in [0.25, 0.3) is 22.4 Å². The molecule has 174 valence electrons. The number of fused-ring (bicyclic) bond motifs is 1. The second-order valence-electron chi connectivity index (χ2n) is 7.59. The molecule has 1 aliphatic heterocycles. The SMILES string of the molecule is Cc1noc2nc(-c3ccccc3C(F)(F)F)cc(C(=O)NNC(=O)[C@@H]3CCS(=O)(=O)C3)c12. The Bertz CT molecular complexity index is 1370. The van der Waals surface area contributed by atoms with Gasteiger partial charge in [0, 0.05) is 5.56 Å². The van der Waals surface area contributed by atoms with Crippen LogP contribution in [0.4, 0.5) is 13.2 Å². The summed E-state index contributed by atoms with van der Waals surface area (Å²) < 4.78 is 68.7. The highest BCUT2D eigenvalue weighted by molar-refractivity contribution is 7.91. The molecular weight excluding hydrogens is 465 g/mol. The first-order chi connectivity index (χ1) is 15.5. The van der Waals surface area contributed by atoms with Crippen molar-refractivity contribution >= 4 is 32.8 Å². The van der Waals surface area contributed by atoms with Crippen LogP contribution in [0.1, 0.15) is 28.0 Å². The smallest absolute Gasteiger partial charge is 0.335 e. The van der Waals surface area contributed by atoms with Gasteiger partial charge in [-0.25, -0.2) is 13.4 Å². The van der Waals surface area contributed by atoms with E-state index in [0.717, 1.165) is 12.1 Å². The maximum Gasteiger partial charge on any atom is 0.417 e. The molecule has 1 atom stereocenters. The van der Waals surface area contributed by atoms with Crippen LogP contribution >= 0.6 is 0 Å². The van der Waals surface area contributed by atoms with Crippen molar-refractivity contribution in [2.75, 3.05) is 11.5 Å². The number of hydrazine groups is 1. The molecule has 9 nitrogen and oxygen atoms in total. The molecule has 0 bridgehead atoms. The molecular formula is C20H17F3N4O5S. The van der Waals surface area contributed by atoms with Crippen molar-refractivity contribution in [1.29, 1.82) is 0 Å². The van der Waals surface area contributed by atoms with Crippen LogP contribution in [0.3, 0.4) is 0 Å². The summed E-state index contributed by atoms with van der Waals surface area (Å²) in [5.74, 6) is -2.78. The third-order valence-corrected chi connectivity index (χ3v) is 7.04. The Morgan fingerprint density at radius 1 is 1.18 bits per heavy atom. The number of benzene rings is 1. The zero-order valence-corrected chi connectivity index (χ0v) is 17.9. The fraction of sp³-hybridized carbons (Fsp3) is 0.300. The number of nitrogens with one attached hydrogen (secondary N) is 2. The van der Waals surface area contributed by atoms with E-state index < -0.39 is 39.3 Å². The van der Waals surface area contributed by atoms with Gasteiger partial charge in [0.1, 0.15) is 0 Å². The maximum atomic E-state index is 13.5. The largest absolute Gasteiger partial charge is 0.417 e. The lowest BCUT2D eigenvalue weighted by atomic mass is 10.0. The van der Waals surface area contributed by atoms with E-state index in [2.05, 4.69) is 21.0 Å². The number of carbonyl (C=O) groups is 2. The first-order valence-corrected chi connectivity index (χ1v) is 11.5. The van der Waals surface area contributed by atoms with Crippen LogP contribution in [0.2, 0.25) is 0 Å². The van der Waals surface area contributed by atoms with Gasteiger partial charge in [-0.15, -0.1) is 0 Å². The number of carbonyl (C=O) groups excluding carboxylic acids is 2. The lowest BCUT2D eigenvalue weighted by Crippen LogP contribution is -2.45. The van der Waals surface area contributed by atoms with Crippen LogP contribution in [0.15, 0.2) is 34.9 Å². The number of nitrogens with zero attached hydrogens (tertiary/aromatic N) is 2. The summed E-state index contributed by atoms with van der Waals surface area (Å²) in [5, 5.41) is 3.89. The molecule has 13 heteroatoms. The minimum absolute atomic E-state index is 0.119. The van der Waals surface area contributed by atoms with Gasteiger partial charge < -0.3 is 4.52 Å². The summed E-state index contributed by atoms with van der Waals surface area (Å²) in [4.78, 5) is 29.2. The summed E-state index contributed by atoms with van der Waals surface area (Å²) in [6, 6.07) is 5.89. The molecule has 2 N–H and O–H groups in total. The Labute approximate surface area is 185 Å². The second kappa shape index (κ2) is 8.14. The van der Waals surface area contributed by atoms with Crippen LogP contribution in [0, 0.1) is 12.8 Å². The predicted molar refractivity (Wildman–Crippen MR) is 109 cm³/mol. The molecule has 3 heterocycles. The van der Waals surface area contributed by atoms with Crippen LogP contribution < -0.4 is 10.9 Å². The highest BCUT2D eigenvalue weighted by atomic mass is 32.2. The van der Waals surface area contributed by atoms with E-state index in [1.54, 1.807) is 0 Å². The molecule has 0 spiro atoms. The maximum absolute atomic E-state index is 13.5. The van der Waals surface area contributed by atoms with Gasteiger partial charge in [0.2, 0.25) is 5.91 Å². The summed E-state index contributed by atoms with van der Waals surface area (Å²) in [7, 11) is -3.30. The van der Waals surface area contributed by atoms with Gasteiger partial charge in [0.25, 0.3) is 11.6 Å². The third-order valence-electron chi connectivity index (χ3n) is 5.27. The van der Waals surface area contributed by atoms with Crippen molar-refractivity contribution in [3.8, 4) is 11.3 Å². The molecule has 0 aliphatic carbocycles. The summed E-state index contributed by atoms with van der Waals surface area (Å²) in [5.41, 5.74) is 2.96. The Hall–Kier alpha value is -3.48. The third kappa shape index (κ3) is 4.53. The molecule has 2 amide bonds. The molecule has 4 rings (SSSR count). The highest BCUT2D eigenvalue weighted by Crippen LogP contribution is 2.37. The van der Waals surface area contributed by atoms with Crippen LogP contribution in [-0.2, 0) is 20.8 Å². The van der Waals surface area contributed by atoms with Crippen molar-refractivity contribution in [2.24, 2.45) is 5.92 Å². The quantitative estimate of drug-likeness (QED) is 0.548. The van der Waals surface area contributed by atoms with E-state index in [0.29, 0.717) is 0 Å². The van der Waals surface area contributed by atoms with Crippen molar-refractivity contribution in [2.45, 2.75) is 19.5 Å². The molecule has 2 aromatic heterocycles. The van der Waals surface area contributed by atoms with E-state index in [-0.39, 0.29) is 51.5 Å². The lowest BCUT2D eigenvalue weighted by molar-refractivity contribution is -0.137. The highest BCUT2D eigenvalue weighted by Gasteiger charge is 2.35. The van der Waals surface area contributed by atoms with E-state index >= 15 is 0 Å². The number of alkyl halides is 3. The number of halogens is 3. The lowest BCUT2D eigenvalue weighted by Gasteiger charge is -2.14. The number of rotatable bonds is 3. The molecule has 3 aromatic rings. The van der Waals surface area contributed by atoms with Crippen LogP contribution in [-0.4, -0.2) is 41.9 Å². The molecule has 1 saturated heterocycles. The van der Waals surface area contributed by atoms with Crippen LogP contribution in [0.5, 0.6) is 0 Å². The first-order valence-electron chi connectivity index (χ1n) is 9.70. The Morgan fingerprint density at radius 2 is 1.91 bits per heavy atom. The molecule has 0 unspecified atom stereocenters. The van der Waals surface area contributed by atoms with Gasteiger partial charge in [-0.05, 0) is 25.5 Å². The van der Waals surface area contributed by atoms with E-state index in [1.807, 2.05) is 0 Å². The Morgan fingerprint density at radius 3 is 2.58 bits per heavy atom. The average Bonchev–Trinajstić information content (AvgIpc) is 3.32. The van der Waals surface area contributed by atoms with E-state index in [4.69, 9.17) is 4.52 Å². The zero-order valence-electron chi connectivity index (χ0n) is 17.1. The Kier molecular flexibility index (Phi) is 5.60. The predicted octanol–water partition coefficient (Wildman–Crippen LogP) is 2.41. The van der Waals surface area contributed by atoms with Crippen molar-refractivity contribution in [3.05, 3.63) is 47.2 Å². The number of sulfone groups is 1. The minimum atomic E-state index is -4.66. The van der Waals surface area contributed by atoms with Gasteiger partial charge >= 0.3 is 6.18 Å². The molecule has 1 aromatic carbocycles. The van der Waals surface area contributed by atoms with Gasteiger partial charge in [-0.2, -0.15) is 13.2 Å². The molecule has 1 aliphatic rings. The number of hydrogen-bond donors (Lipinski definition) is 2. The number of aryl methyl sites for hydroxylation is 1. The number of amides is 2. The minimum Gasteiger partial charge on any atom is -0.335 e. The molecule has 33 heavy (non-hydrogen) atoms. The normalized spacial score (nSPS) is 17.8. The first kappa shape index (κ1) is 22.7. The van der Waals surface area contributed by atoms with Crippen molar-refractivity contribution in [1.82, 2.24) is 21.0 Å². The summed E-state index contributed by atoms with van der Waals surface area (Å²) >= 11 is 0. The van der Waals surface area contributed by atoms with E-state index in [9.17, 15) is 31.2 Å². The van der Waals surface area contributed by atoms with Gasteiger partial charge in [0.05, 0.1) is 45.3 Å². The van der Waals surface area contributed by atoms with Gasteiger partial charge in [-0.1, -0.05) is 23.4 Å². The molecule has 0 radical (unpaired) electrons. The number of aromatic nitrogens is 2. The van der Waals surface area contributed by atoms with Crippen molar-refractivity contribution < 1.29 is 35.7 Å². The van der Waals surface area contributed by atoms with Crippen molar-refractivity contribution in [3.63, 3.8) is 0 Å². The second-order valence-corrected chi connectivity index (χ2v) is 9.82. The zero-order chi connectivity index (χ0) is 24.0. The summed E-state index contributed by atoms with van der Waals surface area (Å²) in [6.07, 6.45) is -4.53. The van der Waals surface area contributed by atoms with Gasteiger partial charge in [-0.3, -0.25) is 20.4 Å².